The summed E-state index contributed by atoms with van der Waals surface area (Å²) in [6.45, 7) is 0. The molecule has 3 aromatic heterocycles. The molecule has 152 valence electrons. The number of H-pyrrole nitrogens is 2. The van der Waals surface area contributed by atoms with Gasteiger partial charge in [0.1, 0.15) is 11.5 Å². The second-order valence-electron chi connectivity index (χ2n) is 6.07. The van der Waals surface area contributed by atoms with Gasteiger partial charge in [-0.05, 0) is 18.2 Å². The number of nitrogens with two attached hydrogens (primary N) is 2. The molecule has 0 radical (unpaired) electrons. The van der Waals surface area contributed by atoms with Gasteiger partial charge in [-0.15, -0.1) is 0 Å². The number of carboxylic acid groups (broad SMARTS) is 1. The molecule has 1 aromatic carbocycles. The molecule has 0 unspecified atom stereocenters. The van der Waals surface area contributed by atoms with Crippen LogP contribution in [-0.4, -0.2) is 48.6 Å². The Kier molecular flexibility index (Phi) is 3.98. The van der Waals surface area contributed by atoms with Crippen molar-refractivity contribution in [2.75, 3.05) is 22.3 Å². The van der Waals surface area contributed by atoms with Gasteiger partial charge in [0.25, 0.3) is 10.1 Å². The third-order valence-corrected chi connectivity index (χ3v) is 4.94. The van der Waals surface area contributed by atoms with Gasteiger partial charge >= 0.3 is 5.97 Å². The van der Waals surface area contributed by atoms with Gasteiger partial charge < -0.3 is 21.6 Å². The number of rotatable bonds is 6. The zero-order valence-electron chi connectivity index (χ0n) is 14.5. The van der Waals surface area contributed by atoms with E-state index < -0.39 is 16.1 Å². The lowest BCUT2D eigenvalue weighted by Crippen LogP contribution is -2.13. The third kappa shape index (κ3) is 3.23. The molecule has 0 spiro atoms. The Morgan fingerprint density at radius 2 is 2.00 bits per heavy atom. The Labute approximate surface area is 161 Å². The van der Waals surface area contributed by atoms with Crippen LogP contribution >= 0.6 is 0 Å². The standard InChI is InChI=1S/C14H15N9O5S/c15-11-12(16)19-14(18-11)21-20-10-7(4-9(24)25)22-23-8-3-5(29(26,27)28)1-2-6(8)17-13(10)23/h1-3,20,22H,4,15-16H2,(H,24,25)(H2,18,19,21)(H,26,27,28). The fraction of sp³-hybridized carbons (Fsp3) is 0.0714. The van der Waals surface area contributed by atoms with Crippen molar-refractivity contribution < 1.29 is 22.9 Å². The summed E-state index contributed by atoms with van der Waals surface area (Å²) in [7, 11) is -4.42. The van der Waals surface area contributed by atoms with E-state index in [0.29, 0.717) is 11.0 Å². The molecule has 4 aromatic rings. The fourth-order valence-corrected chi connectivity index (χ4v) is 3.31. The van der Waals surface area contributed by atoms with Crippen LogP contribution in [0.25, 0.3) is 16.7 Å². The van der Waals surface area contributed by atoms with E-state index >= 15 is 0 Å². The second-order valence-corrected chi connectivity index (χ2v) is 7.49. The van der Waals surface area contributed by atoms with Crippen molar-refractivity contribution in [2.45, 2.75) is 11.3 Å². The minimum atomic E-state index is -4.42. The molecule has 3 heterocycles. The van der Waals surface area contributed by atoms with Crippen LogP contribution in [0.15, 0.2) is 23.1 Å². The number of nitrogens with zero attached hydrogens (tertiary/aromatic N) is 3. The van der Waals surface area contributed by atoms with E-state index in [1.165, 1.54) is 22.7 Å². The number of imidazole rings is 2. The number of nitrogens with one attached hydrogen (secondary N) is 4. The highest BCUT2D eigenvalue weighted by molar-refractivity contribution is 7.85. The van der Waals surface area contributed by atoms with Gasteiger partial charge in [-0.1, -0.05) is 0 Å². The molecule has 0 amide bonds. The number of hydrazine groups is 1. The number of carboxylic acids is 1. The Bertz CT molecular complexity index is 1350. The average molecular weight is 421 g/mol. The van der Waals surface area contributed by atoms with Crippen molar-refractivity contribution in [1.29, 1.82) is 0 Å². The zero-order valence-corrected chi connectivity index (χ0v) is 15.3. The summed E-state index contributed by atoms with van der Waals surface area (Å²) in [5.74, 6) is -0.676. The molecule has 29 heavy (non-hydrogen) atoms. The molecule has 4 rings (SSSR count). The van der Waals surface area contributed by atoms with Gasteiger partial charge in [0.15, 0.2) is 11.5 Å². The summed E-state index contributed by atoms with van der Waals surface area (Å²) in [5.41, 5.74) is 18.2. The lowest BCUT2D eigenvalue weighted by atomic mass is 10.3. The molecule has 0 saturated carbocycles. The number of aliphatic carboxylic acids is 1. The Morgan fingerprint density at radius 3 is 2.62 bits per heavy atom. The van der Waals surface area contributed by atoms with E-state index in [4.69, 9.17) is 11.5 Å². The number of nitrogen functional groups attached to an aromatic ring is 2. The van der Waals surface area contributed by atoms with Crippen LogP contribution in [0, 0.1) is 0 Å². The predicted molar refractivity (Wildman–Crippen MR) is 103 cm³/mol. The molecule has 10 N–H and O–H groups in total. The van der Waals surface area contributed by atoms with Gasteiger partial charge in [0.05, 0.1) is 28.0 Å². The number of carbonyl (C=O) groups is 1. The van der Waals surface area contributed by atoms with Gasteiger partial charge in [-0.25, -0.2) is 9.50 Å². The molecular formula is C14H15N9O5S. The van der Waals surface area contributed by atoms with Crippen LogP contribution in [0.5, 0.6) is 0 Å². The maximum atomic E-state index is 11.4. The Morgan fingerprint density at radius 1 is 1.24 bits per heavy atom. The lowest BCUT2D eigenvalue weighted by Gasteiger charge is -2.06. The molecule has 0 bridgehead atoms. The third-order valence-electron chi connectivity index (χ3n) is 4.09. The first kappa shape index (κ1) is 18.4. The second kappa shape index (κ2) is 6.28. The van der Waals surface area contributed by atoms with Crippen molar-refractivity contribution in [3.05, 3.63) is 23.9 Å². The van der Waals surface area contributed by atoms with E-state index in [0.717, 1.165) is 0 Å². The molecule has 14 nitrogen and oxygen atoms in total. The quantitative estimate of drug-likeness (QED) is 0.153. The van der Waals surface area contributed by atoms with E-state index in [9.17, 15) is 22.9 Å². The monoisotopic (exact) mass is 421 g/mol. The number of fused-ring (bicyclic) bond motifs is 3. The van der Waals surface area contributed by atoms with Crippen LogP contribution < -0.4 is 22.3 Å². The highest BCUT2D eigenvalue weighted by atomic mass is 32.2. The van der Waals surface area contributed by atoms with Gasteiger partial charge in [0.2, 0.25) is 5.95 Å². The lowest BCUT2D eigenvalue weighted by molar-refractivity contribution is -0.136. The molecular weight excluding hydrogens is 406 g/mol. The molecule has 0 aliphatic rings. The largest absolute Gasteiger partial charge is 0.481 e. The number of aromatic amines is 2. The van der Waals surface area contributed by atoms with Crippen molar-refractivity contribution >= 4 is 56.0 Å². The molecule has 15 heteroatoms. The van der Waals surface area contributed by atoms with Crippen molar-refractivity contribution in [3.63, 3.8) is 0 Å². The highest BCUT2D eigenvalue weighted by Crippen LogP contribution is 2.28. The molecule has 0 saturated heterocycles. The summed E-state index contributed by atoms with van der Waals surface area (Å²) in [5, 5.41) is 12.0. The van der Waals surface area contributed by atoms with Gasteiger partial charge in [0, 0.05) is 0 Å². The maximum Gasteiger partial charge on any atom is 0.309 e. The summed E-state index contributed by atoms with van der Waals surface area (Å²) in [4.78, 5) is 21.9. The van der Waals surface area contributed by atoms with Gasteiger partial charge in [-0.2, -0.15) is 13.4 Å². The van der Waals surface area contributed by atoms with E-state index in [1.54, 1.807) is 0 Å². The number of benzene rings is 1. The number of anilines is 4. The van der Waals surface area contributed by atoms with Gasteiger partial charge in [-0.3, -0.25) is 25.3 Å². The first-order valence-corrected chi connectivity index (χ1v) is 9.43. The van der Waals surface area contributed by atoms with Crippen LogP contribution in [-0.2, 0) is 21.3 Å². The highest BCUT2D eigenvalue weighted by Gasteiger charge is 2.20. The van der Waals surface area contributed by atoms with Crippen LogP contribution in [0.1, 0.15) is 5.69 Å². The van der Waals surface area contributed by atoms with Crippen LogP contribution in [0.4, 0.5) is 23.3 Å². The maximum absolute atomic E-state index is 11.4. The number of aromatic nitrogens is 5. The molecule has 0 aliphatic heterocycles. The van der Waals surface area contributed by atoms with Crippen LogP contribution in [0.3, 0.4) is 0 Å². The molecule has 0 aliphatic carbocycles. The van der Waals surface area contributed by atoms with E-state index in [1.807, 2.05) is 0 Å². The summed E-state index contributed by atoms with van der Waals surface area (Å²) < 4.78 is 33.5. The smallest absolute Gasteiger partial charge is 0.309 e. The molecule has 0 atom stereocenters. The Hall–Kier alpha value is -3.98. The van der Waals surface area contributed by atoms with Crippen molar-refractivity contribution in [3.8, 4) is 0 Å². The minimum absolute atomic E-state index is 0.0866. The van der Waals surface area contributed by atoms with Crippen molar-refractivity contribution in [2.24, 2.45) is 0 Å². The average Bonchev–Trinajstić information content (AvgIpc) is 3.24. The normalized spacial score (nSPS) is 11.9. The topological polar surface area (TPSA) is 230 Å². The Balaban J connectivity index is 1.82. The zero-order chi connectivity index (χ0) is 20.9. The first-order valence-electron chi connectivity index (χ1n) is 7.99. The van der Waals surface area contributed by atoms with Crippen molar-refractivity contribution in [1.82, 2.24) is 24.6 Å². The fourth-order valence-electron chi connectivity index (χ4n) is 2.81. The summed E-state index contributed by atoms with van der Waals surface area (Å²) >= 11 is 0. The molecule has 0 fully saturated rings. The predicted octanol–water partition coefficient (Wildman–Crippen LogP) is 0.0159. The van der Waals surface area contributed by atoms with E-state index in [-0.39, 0.29) is 45.9 Å². The van der Waals surface area contributed by atoms with E-state index in [2.05, 4.69) is 30.9 Å². The van der Waals surface area contributed by atoms with Crippen LogP contribution in [0.2, 0.25) is 0 Å². The summed E-state index contributed by atoms with van der Waals surface area (Å²) in [6, 6.07) is 3.85. The minimum Gasteiger partial charge on any atom is -0.481 e. The number of hydrogen-bond donors (Lipinski definition) is 8. The first-order chi connectivity index (χ1) is 13.6. The summed E-state index contributed by atoms with van der Waals surface area (Å²) in [6.07, 6.45) is -0.380. The SMILES string of the molecule is Nc1nc(NNc2c(CC(=O)O)[nH]n3c2nc2ccc(S(=O)(=O)O)cc23)[nH]c1N. The number of hydrogen-bond acceptors (Lipinski definition) is 9.